The average molecular weight is 305 g/mol. The molecular formula is C16H19NO3S. The molecule has 1 aliphatic heterocycles. The Balaban J connectivity index is 2.11. The molecule has 0 radical (unpaired) electrons. The van der Waals surface area contributed by atoms with Crippen molar-refractivity contribution in [3.8, 4) is 5.75 Å². The maximum absolute atomic E-state index is 12.0. The summed E-state index contributed by atoms with van der Waals surface area (Å²) in [6.45, 7) is 6.29. The first-order valence-corrected chi connectivity index (χ1v) is 7.88. The Hall–Kier alpha value is -1.75. The number of ether oxygens (including phenoxy) is 1. The van der Waals surface area contributed by atoms with Gasteiger partial charge in [-0.2, -0.15) is 0 Å². The van der Waals surface area contributed by atoms with E-state index in [9.17, 15) is 9.59 Å². The molecule has 2 amide bonds. The van der Waals surface area contributed by atoms with Gasteiger partial charge in [0.2, 0.25) is 0 Å². The normalized spacial score (nSPS) is 18.4. The predicted molar refractivity (Wildman–Crippen MR) is 85.2 cm³/mol. The first-order chi connectivity index (χ1) is 10.0. The van der Waals surface area contributed by atoms with Crippen LogP contribution in [-0.2, 0) is 4.79 Å². The van der Waals surface area contributed by atoms with E-state index in [0.29, 0.717) is 11.4 Å². The zero-order valence-corrected chi connectivity index (χ0v) is 13.3. The van der Waals surface area contributed by atoms with Gasteiger partial charge in [0.1, 0.15) is 5.75 Å². The highest BCUT2D eigenvalue weighted by Crippen LogP contribution is 2.32. The second-order valence-corrected chi connectivity index (χ2v) is 5.82. The Morgan fingerprint density at radius 2 is 1.90 bits per heavy atom. The molecule has 0 unspecified atom stereocenters. The van der Waals surface area contributed by atoms with Gasteiger partial charge in [-0.25, -0.2) is 0 Å². The smallest absolute Gasteiger partial charge is 0.293 e. The fraction of sp³-hybridized carbons (Fsp3) is 0.375. The largest absolute Gasteiger partial charge is 0.491 e. The van der Waals surface area contributed by atoms with Crippen molar-refractivity contribution in [2.75, 3.05) is 6.54 Å². The minimum atomic E-state index is -0.215. The highest BCUT2D eigenvalue weighted by atomic mass is 32.2. The minimum Gasteiger partial charge on any atom is -0.491 e. The monoisotopic (exact) mass is 305 g/mol. The van der Waals surface area contributed by atoms with E-state index in [4.69, 9.17) is 4.74 Å². The number of imide groups is 1. The second kappa shape index (κ2) is 6.80. The van der Waals surface area contributed by atoms with Gasteiger partial charge in [-0.15, -0.1) is 0 Å². The molecule has 4 nitrogen and oxygen atoms in total. The summed E-state index contributed by atoms with van der Waals surface area (Å²) in [5.74, 6) is 0.593. The molecule has 0 bridgehead atoms. The van der Waals surface area contributed by atoms with Crippen LogP contribution in [-0.4, -0.2) is 28.7 Å². The molecule has 0 aliphatic carbocycles. The molecule has 5 heteroatoms. The van der Waals surface area contributed by atoms with E-state index in [1.165, 1.54) is 4.90 Å². The standard InChI is InChI=1S/C16H19NO3S/c1-4-11(3)20-13-8-6-12(7-9-13)10-14-15(18)17(5-2)16(19)21-14/h6-11H,4-5H2,1-3H3/b14-10+/t11-/m0/s1. The number of likely N-dealkylation sites (N-methyl/N-ethyl adjacent to an activating group) is 1. The van der Waals surface area contributed by atoms with Crippen molar-refractivity contribution in [2.45, 2.75) is 33.3 Å². The van der Waals surface area contributed by atoms with Gasteiger partial charge in [0.05, 0.1) is 11.0 Å². The average Bonchev–Trinajstić information content (AvgIpc) is 2.74. The van der Waals surface area contributed by atoms with Crippen LogP contribution in [0.3, 0.4) is 0 Å². The highest BCUT2D eigenvalue weighted by molar-refractivity contribution is 8.18. The van der Waals surface area contributed by atoms with Gasteiger partial charge in [0.25, 0.3) is 11.1 Å². The van der Waals surface area contributed by atoms with Crippen molar-refractivity contribution in [1.29, 1.82) is 0 Å². The lowest BCUT2D eigenvalue weighted by atomic mass is 10.2. The lowest BCUT2D eigenvalue weighted by Crippen LogP contribution is -2.27. The third-order valence-corrected chi connectivity index (χ3v) is 4.19. The summed E-state index contributed by atoms with van der Waals surface area (Å²) in [6.07, 6.45) is 2.87. The summed E-state index contributed by atoms with van der Waals surface area (Å²) >= 11 is 0.987. The number of amides is 2. The van der Waals surface area contributed by atoms with Crippen LogP contribution in [0.2, 0.25) is 0 Å². The van der Waals surface area contributed by atoms with Crippen molar-refractivity contribution in [3.63, 3.8) is 0 Å². The van der Waals surface area contributed by atoms with Crippen molar-refractivity contribution in [3.05, 3.63) is 34.7 Å². The number of carbonyl (C=O) groups excluding carboxylic acids is 2. The molecule has 21 heavy (non-hydrogen) atoms. The Morgan fingerprint density at radius 3 is 2.43 bits per heavy atom. The van der Waals surface area contributed by atoms with Crippen molar-refractivity contribution in [2.24, 2.45) is 0 Å². The van der Waals surface area contributed by atoms with E-state index in [0.717, 1.165) is 29.5 Å². The molecule has 2 rings (SSSR count). The lowest BCUT2D eigenvalue weighted by Gasteiger charge is -2.12. The summed E-state index contributed by atoms with van der Waals surface area (Å²) in [7, 11) is 0. The van der Waals surface area contributed by atoms with Crippen molar-refractivity contribution < 1.29 is 14.3 Å². The number of thioether (sulfide) groups is 1. The third-order valence-electron chi connectivity index (χ3n) is 3.28. The van der Waals surface area contributed by atoms with Crippen molar-refractivity contribution in [1.82, 2.24) is 4.90 Å². The second-order valence-electron chi connectivity index (χ2n) is 4.83. The summed E-state index contributed by atoms with van der Waals surface area (Å²) in [6, 6.07) is 7.53. The zero-order valence-electron chi connectivity index (χ0n) is 12.5. The van der Waals surface area contributed by atoms with E-state index in [1.807, 2.05) is 31.2 Å². The fourth-order valence-corrected chi connectivity index (χ4v) is 2.79. The van der Waals surface area contributed by atoms with E-state index in [1.54, 1.807) is 13.0 Å². The molecule has 1 fully saturated rings. The Kier molecular flexibility index (Phi) is 5.07. The molecule has 1 atom stereocenters. The van der Waals surface area contributed by atoms with Crippen LogP contribution in [0.1, 0.15) is 32.8 Å². The number of hydrogen-bond acceptors (Lipinski definition) is 4. The van der Waals surface area contributed by atoms with Crippen LogP contribution >= 0.6 is 11.8 Å². The van der Waals surface area contributed by atoms with Gasteiger partial charge in [0, 0.05) is 6.54 Å². The Bertz CT molecular complexity index is 565. The molecule has 0 N–H and O–H groups in total. The minimum absolute atomic E-state index is 0.178. The number of rotatable bonds is 5. The first kappa shape index (κ1) is 15.6. The molecule has 1 heterocycles. The predicted octanol–water partition coefficient (Wildman–Crippen LogP) is 3.92. The maximum Gasteiger partial charge on any atom is 0.293 e. The molecule has 0 saturated carbocycles. The highest BCUT2D eigenvalue weighted by Gasteiger charge is 2.33. The Labute approximate surface area is 129 Å². The number of benzene rings is 1. The van der Waals surface area contributed by atoms with Gasteiger partial charge in [-0.05, 0) is 55.8 Å². The van der Waals surface area contributed by atoms with Crippen LogP contribution in [0, 0.1) is 0 Å². The zero-order chi connectivity index (χ0) is 15.4. The van der Waals surface area contributed by atoms with Gasteiger partial charge < -0.3 is 4.74 Å². The summed E-state index contributed by atoms with van der Waals surface area (Å²) in [4.78, 5) is 25.3. The van der Waals surface area contributed by atoms with Gasteiger partial charge in [-0.3, -0.25) is 14.5 Å². The van der Waals surface area contributed by atoms with Crippen LogP contribution < -0.4 is 4.74 Å². The molecule has 1 aromatic carbocycles. The number of nitrogens with zero attached hydrogens (tertiary/aromatic N) is 1. The Morgan fingerprint density at radius 1 is 1.24 bits per heavy atom. The van der Waals surface area contributed by atoms with E-state index >= 15 is 0 Å². The van der Waals surface area contributed by atoms with Crippen LogP contribution in [0.15, 0.2) is 29.2 Å². The molecule has 1 saturated heterocycles. The topological polar surface area (TPSA) is 46.6 Å². The van der Waals surface area contributed by atoms with E-state index in [2.05, 4.69) is 6.92 Å². The van der Waals surface area contributed by atoms with E-state index in [-0.39, 0.29) is 17.3 Å². The summed E-state index contributed by atoms with van der Waals surface area (Å²) < 4.78 is 5.71. The number of carbonyl (C=O) groups is 2. The van der Waals surface area contributed by atoms with Gasteiger partial charge in [-0.1, -0.05) is 19.1 Å². The first-order valence-electron chi connectivity index (χ1n) is 7.07. The molecule has 1 aromatic rings. The van der Waals surface area contributed by atoms with Crippen molar-refractivity contribution >= 4 is 29.0 Å². The molecule has 0 spiro atoms. The van der Waals surface area contributed by atoms with Crippen LogP contribution in [0.4, 0.5) is 4.79 Å². The summed E-state index contributed by atoms with van der Waals surface area (Å²) in [5.41, 5.74) is 0.883. The lowest BCUT2D eigenvalue weighted by molar-refractivity contribution is -0.122. The fourth-order valence-electron chi connectivity index (χ4n) is 1.88. The molecule has 0 aromatic heterocycles. The van der Waals surface area contributed by atoms with E-state index < -0.39 is 0 Å². The maximum atomic E-state index is 12.0. The van der Waals surface area contributed by atoms with Crippen LogP contribution in [0.5, 0.6) is 5.75 Å². The SMILES string of the molecule is CC[C@H](C)Oc1ccc(/C=C2/SC(=O)N(CC)C2=O)cc1. The quantitative estimate of drug-likeness (QED) is 0.774. The van der Waals surface area contributed by atoms with Gasteiger partial charge in [0.15, 0.2) is 0 Å². The van der Waals surface area contributed by atoms with Crippen LogP contribution in [0.25, 0.3) is 6.08 Å². The number of hydrogen-bond donors (Lipinski definition) is 0. The molecule has 112 valence electrons. The van der Waals surface area contributed by atoms with Gasteiger partial charge >= 0.3 is 0 Å². The third kappa shape index (κ3) is 3.67. The summed E-state index contributed by atoms with van der Waals surface area (Å²) in [5, 5.41) is -0.203. The molecule has 1 aliphatic rings. The molecular weight excluding hydrogens is 286 g/mol.